The first-order chi connectivity index (χ1) is 4.77. The van der Waals surface area contributed by atoms with Gasteiger partial charge in [0.15, 0.2) is 0 Å². The second-order valence-corrected chi connectivity index (χ2v) is 2.46. The van der Waals surface area contributed by atoms with Crippen molar-refractivity contribution in [1.29, 1.82) is 0 Å². The zero-order valence-corrected chi connectivity index (χ0v) is 7.73. The van der Waals surface area contributed by atoms with E-state index in [0.29, 0.717) is 6.54 Å². The van der Waals surface area contributed by atoms with Crippen LogP contribution in [0.15, 0.2) is 0 Å². The molecule has 0 heterocycles. The van der Waals surface area contributed by atoms with E-state index in [4.69, 9.17) is 10.2 Å². The van der Waals surface area contributed by atoms with Gasteiger partial charge < -0.3 is 15.5 Å². The van der Waals surface area contributed by atoms with Gasteiger partial charge in [-0.3, -0.25) is 0 Å². The molecule has 0 aromatic heterocycles. The number of hydrogen-bond acceptors (Lipinski definition) is 3. The average molecular weight is 184 g/mol. The van der Waals surface area contributed by atoms with Gasteiger partial charge in [-0.1, -0.05) is 0 Å². The third-order valence-electron chi connectivity index (χ3n) is 1.26. The number of rotatable bonds is 6. The summed E-state index contributed by atoms with van der Waals surface area (Å²) in [5.74, 6) is 0. The number of halogens is 1. The van der Waals surface area contributed by atoms with Gasteiger partial charge >= 0.3 is 0 Å². The quantitative estimate of drug-likeness (QED) is 0.514. The molecular formula is C7H18ClNO2. The summed E-state index contributed by atoms with van der Waals surface area (Å²) in [6.45, 7) is 3.51. The third kappa shape index (κ3) is 13.2. The topological polar surface area (TPSA) is 52.5 Å². The van der Waals surface area contributed by atoms with E-state index in [1.807, 2.05) is 0 Å². The van der Waals surface area contributed by atoms with Crippen molar-refractivity contribution < 1.29 is 10.2 Å². The van der Waals surface area contributed by atoms with E-state index >= 15 is 0 Å². The lowest BCUT2D eigenvalue weighted by atomic mass is 10.2. The van der Waals surface area contributed by atoms with Gasteiger partial charge in [0.25, 0.3) is 0 Å². The molecule has 0 saturated heterocycles. The summed E-state index contributed by atoms with van der Waals surface area (Å²) >= 11 is 0. The van der Waals surface area contributed by atoms with Gasteiger partial charge in [-0.15, -0.1) is 12.4 Å². The van der Waals surface area contributed by atoms with Gasteiger partial charge in [0, 0.05) is 6.54 Å². The van der Waals surface area contributed by atoms with Crippen LogP contribution in [0.2, 0.25) is 0 Å². The first-order valence-corrected chi connectivity index (χ1v) is 3.77. The first-order valence-electron chi connectivity index (χ1n) is 3.77. The maximum absolute atomic E-state index is 8.83. The van der Waals surface area contributed by atoms with Gasteiger partial charge in [-0.2, -0.15) is 0 Å². The van der Waals surface area contributed by atoms with Gasteiger partial charge in [-0.25, -0.2) is 0 Å². The lowest BCUT2D eigenvalue weighted by Crippen LogP contribution is -2.20. The second kappa shape index (κ2) is 10.2. The minimum atomic E-state index is -0.198. The van der Waals surface area contributed by atoms with E-state index in [2.05, 4.69) is 5.32 Å². The molecule has 11 heavy (non-hydrogen) atoms. The molecule has 3 N–H and O–H groups in total. The Hall–Kier alpha value is 0.170. The van der Waals surface area contributed by atoms with E-state index < -0.39 is 0 Å². The highest BCUT2D eigenvalue weighted by Gasteiger charge is 1.93. The molecule has 0 saturated carbocycles. The van der Waals surface area contributed by atoms with Crippen LogP contribution in [0.4, 0.5) is 0 Å². The zero-order chi connectivity index (χ0) is 7.82. The number of nitrogens with one attached hydrogen (secondary N) is 1. The van der Waals surface area contributed by atoms with Gasteiger partial charge in [0.1, 0.15) is 0 Å². The van der Waals surface area contributed by atoms with Crippen LogP contribution in [0.3, 0.4) is 0 Å². The Morgan fingerprint density at radius 1 is 1.36 bits per heavy atom. The Morgan fingerprint density at radius 3 is 2.45 bits per heavy atom. The van der Waals surface area contributed by atoms with Crippen LogP contribution in [0, 0.1) is 0 Å². The highest BCUT2D eigenvalue weighted by atomic mass is 35.5. The highest BCUT2D eigenvalue weighted by Crippen LogP contribution is 1.92. The van der Waals surface area contributed by atoms with Crippen molar-refractivity contribution in [3.8, 4) is 0 Å². The van der Waals surface area contributed by atoms with Gasteiger partial charge in [0.05, 0.1) is 12.7 Å². The first kappa shape index (κ1) is 13.7. The van der Waals surface area contributed by atoms with Crippen LogP contribution in [-0.4, -0.2) is 36.0 Å². The average Bonchev–Trinajstić information content (AvgIpc) is 1.87. The smallest absolute Gasteiger partial charge is 0.0555 e. The molecule has 0 aliphatic carbocycles. The molecule has 0 aromatic carbocycles. The van der Waals surface area contributed by atoms with Gasteiger partial charge in [-0.05, 0) is 26.3 Å². The molecule has 70 valence electrons. The molecule has 0 rings (SSSR count). The van der Waals surface area contributed by atoms with Crippen LogP contribution in [0.1, 0.15) is 19.8 Å². The Morgan fingerprint density at radius 2 is 2.00 bits per heavy atom. The molecule has 3 nitrogen and oxygen atoms in total. The van der Waals surface area contributed by atoms with Crippen LogP contribution in [0.5, 0.6) is 0 Å². The summed E-state index contributed by atoms with van der Waals surface area (Å²) in [5, 5.41) is 20.2. The lowest BCUT2D eigenvalue weighted by Gasteiger charge is -2.03. The summed E-state index contributed by atoms with van der Waals surface area (Å²) < 4.78 is 0. The van der Waals surface area contributed by atoms with E-state index in [0.717, 1.165) is 19.4 Å². The third-order valence-corrected chi connectivity index (χ3v) is 1.26. The molecule has 4 heteroatoms. The fourth-order valence-corrected chi connectivity index (χ4v) is 0.727. The molecule has 1 unspecified atom stereocenters. The Labute approximate surface area is 74.2 Å². The second-order valence-electron chi connectivity index (χ2n) is 2.46. The molecule has 0 fully saturated rings. The summed E-state index contributed by atoms with van der Waals surface area (Å²) in [6.07, 6.45) is 1.60. The van der Waals surface area contributed by atoms with Crippen molar-refractivity contribution in [2.45, 2.75) is 25.9 Å². The van der Waals surface area contributed by atoms with E-state index in [9.17, 15) is 0 Å². The number of aliphatic hydroxyl groups is 2. The predicted molar refractivity (Wildman–Crippen MR) is 48.1 cm³/mol. The lowest BCUT2D eigenvalue weighted by molar-refractivity contribution is 0.181. The van der Waals surface area contributed by atoms with Crippen molar-refractivity contribution in [2.24, 2.45) is 0 Å². The Balaban J connectivity index is 0. The number of aliphatic hydroxyl groups excluding tert-OH is 2. The fraction of sp³-hybridized carbons (Fsp3) is 1.00. The normalized spacial score (nSPS) is 12.3. The van der Waals surface area contributed by atoms with Crippen LogP contribution < -0.4 is 5.32 Å². The molecule has 0 aromatic rings. The van der Waals surface area contributed by atoms with Crippen LogP contribution in [0.25, 0.3) is 0 Å². The highest BCUT2D eigenvalue weighted by molar-refractivity contribution is 5.85. The molecule has 0 aliphatic rings. The van der Waals surface area contributed by atoms with Crippen LogP contribution in [-0.2, 0) is 0 Å². The molecule has 0 radical (unpaired) electrons. The van der Waals surface area contributed by atoms with E-state index in [1.165, 1.54) is 0 Å². The van der Waals surface area contributed by atoms with E-state index in [-0.39, 0.29) is 25.1 Å². The minimum absolute atomic E-state index is 0. The molecular weight excluding hydrogens is 166 g/mol. The van der Waals surface area contributed by atoms with Crippen molar-refractivity contribution in [3.63, 3.8) is 0 Å². The predicted octanol–water partition coefficient (Wildman–Crippen LogP) is 0.151. The summed E-state index contributed by atoms with van der Waals surface area (Å²) in [5.41, 5.74) is 0. The molecule has 0 aliphatic heterocycles. The van der Waals surface area contributed by atoms with Gasteiger partial charge in [0.2, 0.25) is 0 Å². The maximum Gasteiger partial charge on any atom is 0.0555 e. The summed E-state index contributed by atoms with van der Waals surface area (Å²) in [4.78, 5) is 0. The largest absolute Gasteiger partial charge is 0.395 e. The number of hydrogen-bond donors (Lipinski definition) is 3. The molecule has 0 amide bonds. The van der Waals surface area contributed by atoms with Crippen molar-refractivity contribution >= 4 is 12.4 Å². The monoisotopic (exact) mass is 183 g/mol. The minimum Gasteiger partial charge on any atom is -0.395 e. The van der Waals surface area contributed by atoms with Crippen molar-refractivity contribution in [1.82, 2.24) is 5.32 Å². The van der Waals surface area contributed by atoms with Crippen molar-refractivity contribution in [3.05, 3.63) is 0 Å². The summed E-state index contributed by atoms with van der Waals surface area (Å²) in [6, 6.07) is 0. The van der Waals surface area contributed by atoms with Crippen LogP contribution >= 0.6 is 12.4 Å². The SMILES string of the molecule is CC(O)CCCNCCO.Cl. The molecule has 1 atom stereocenters. The van der Waals surface area contributed by atoms with Crippen molar-refractivity contribution in [2.75, 3.05) is 19.7 Å². The maximum atomic E-state index is 8.83. The molecule has 0 spiro atoms. The zero-order valence-electron chi connectivity index (χ0n) is 6.92. The van der Waals surface area contributed by atoms with E-state index in [1.54, 1.807) is 6.92 Å². The Bertz CT molecular complexity index is 71.5. The standard InChI is InChI=1S/C7H17NO2.ClH/c1-7(10)3-2-4-8-5-6-9;/h7-10H,2-6H2,1H3;1H. The molecule has 0 bridgehead atoms. The Kier molecular flexibility index (Phi) is 12.7. The summed E-state index contributed by atoms with van der Waals surface area (Å²) in [7, 11) is 0. The fourth-order valence-electron chi connectivity index (χ4n) is 0.727.